The highest BCUT2D eigenvalue weighted by molar-refractivity contribution is 5.81. The van der Waals surface area contributed by atoms with E-state index in [0.717, 1.165) is 12.8 Å². The number of ether oxygens (including phenoxy) is 3. The smallest absolute Gasteiger partial charge is 0.330 e. The molecule has 1 saturated carbocycles. The van der Waals surface area contributed by atoms with E-state index in [1.807, 2.05) is 19.9 Å². The monoisotopic (exact) mass is 240 g/mol. The standard InChI is InChI=1S/C13H20O4/c1-4-15-12(14)6-5-9-7-10-11(8-9)17-13(2,3)16-10/h5-6,9-11H,4,7-8H2,1-3H3/b6-5+/t9?,10-,11+. The number of fused-ring (bicyclic) bond motifs is 1. The molecule has 0 N–H and O–H groups in total. The number of rotatable bonds is 3. The van der Waals surface area contributed by atoms with Gasteiger partial charge in [0.25, 0.3) is 0 Å². The van der Waals surface area contributed by atoms with Gasteiger partial charge >= 0.3 is 5.97 Å². The number of carbonyl (C=O) groups is 1. The summed E-state index contributed by atoms with van der Waals surface area (Å²) in [5, 5.41) is 0. The molecule has 2 rings (SSSR count). The highest BCUT2D eigenvalue weighted by Crippen LogP contribution is 2.41. The molecule has 1 heterocycles. The second-order valence-corrected chi connectivity index (χ2v) is 5.06. The lowest BCUT2D eigenvalue weighted by Gasteiger charge is -2.19. The van der Waals surface area contributed by atoms with Crippen LogP contribution in [0.3, 0.4) is 0 Å². The molecule has 4 heteroatoms. The highest BCUT2D eigenvalue weighted by Gasteiger charge is 2.46. The predicted molar refractivity (Wildman–Crippen MR) is 62.3 cm³/mol. The summed E-state index contributed by atoms with van der Waals surface area (Å²) >= 11 is 0. The van der Waals surface area contributed by atoms with Crippen molar-refractivity contribution in [1.82, 2.24) is 0 Å². The van der Waals surface area contributed by atoms with Crippen LogP contribution in [0.4, 0.5) is 0 Å². The normalized spacial score (nSPS) is 35.1. The Labute approximate surface area is 102 Å². The van der Waals surface area contributed by atoms with E-state index in [-0.39, 0.29) is 18.2 Å². The second-order valence-electron chi connectivity index (χ2n) is 5.06. The molecule has 96 valence electrons. The minimum atomic E-state index is -0.453. The molecule has 0 aromatic rings. The van der Waals surface area contributed by atoms with Crippen LogP contribution in [0.25, 0.3) is 0 Å². The zero-order valence-electron chi connectivity index (χ0n) is 10.6. The van der Waals surface area contributed by atoms with Crippen LogP contribution < -0.4 is 0 Å². The molecule has 0 aromatic heterocycles. The third-order valence-corrected chi connectivity index (χ3v) is 3.15. The van der Waals surface area contributed by atoms with Crippen molar-refractivity contribution in [3.63, 3.8) is 0 Å². The van der Waals surface area contributed by atoms with Crippen molar-refractivity contribution in [3.05, 3.63) is 12.2 Å². The summed E-state index contributed by atoms with van der Waals surface area (Å²) in [6, 6.07) is 0. The molecule has 2 fully saturated rings. The van der Waals surface area contributed by atoms with Crippen molar-refractivity contribution < 1.29 is 19.0 Å². The van der Waals surface area contributed by atoms with Crippen molar-refractivity contribution in [2.75, 3.05) is 6.61 Å². The van der Waals surface area contributed by atoms with E-state index < -0.39 is 5.79 Å². The lowest BCUT2D eigenvalue weighted by molar-refractivity contribution is -0.152. The van der Waals surface area contributed by atoms with Crippen LogP contribution >= 0.6 is 0 Å². The Bertz CT molecular complexity index is 305. The summed E-state index contributed by atoms with van der Waals surface area (Å²) in [6.07, 6.45) is 5.60. The number of carbonyl (C=O) groups excluding carboxylic acids is 1. The Morgan fingerprint density at radius 2 is 1.94 bits per heavy atom. The first-order valence-electron chi connectivity index (χ1n) is 6.21. The summed E-state index contributed by atoms with van der Waals surface area (Å²) in [7, 11) is 0. The van der Waals surface area contributed by atoms with Gasteiger partial charge in [0.15, 0.2) is 5.79 Å². The average molecular weight is 240 g/mol. The fraction of sp³-hybridized carbons (Fsp3) is 0.769. The van der Waals surface area contributed by atoms with Crippen molar-refractivity contribution in [2.24, 2.45) is 5.92 Å². The first-order valence-corrected chi connectivity index (χ1v) is 6.21. The fourth-order valence-corrected chi connectivity index (χ4v) is 2.56. The molecule has 0 bridgehead atoms. The Morgan fingerprint density at radius 3 is 2.47 bits per heavy atom. The Morgan fingerprint density at radius 1 is 1.35 bits per heavy atom. The van der Waals surface area contributed by atoms with Gasteiger partial charge in [-0.25, -0.2) is 4.79 Å². The maximum Gasteiger partial charge on any atom is 0.330 e. The van der Waals surface area contributed by atoms with Crippen LogP contribution in [0.5, 0.6) is 0 Å². The predicted octanol–water partition coefficient (Wildman–Crippen LogP) is 2.04. The maximum absolute atomic E-state index is 11.2. The van der Waals surface area contributed by atoms with Crippen LogP contribution in [-0.2, 0) is 19.0 Å². The summed E-state index contributed by atoms with van der Waals surface area (Å²) in [5.74, 6) is -0.372. The highest BCUT2D eigenvalue weighted by atomic mass is 16.8. The van der Waals surface area contributed by atoms with E-state index in [0.29, 0.717) is 12.5 Å². The molecule has 1 unspecified atom stereocenters. The van der Waals surface area contributed by atoms with E-state index in [9.17, 15) is 4.79 Å². The van der Waals surface area contributed by atoms with Crippen LogP contribution in [0.15, 0.2) is 12.2 Å². The molecule has 4 nitrogen and oxygen atoms in total. The van der Waals surface area contributed by atoms with Crippen LogP contribution in [0.2, 0.25) is 0 Å². The summed E-state index contributed by atoms with van der Waals surface area (Å²) in [5.41, 5.74) is 0. The van der Waals surface area contributed by atoms with E-state index >= 15 is 0 Å². The zero-order valence-corrected chi connectivity index (χ0v) is 10.6. The van der Waals surface area contributed by atoms with E-state index in [4.69, 9.17) is 14.2 Å². The third-order valence-electron chi connectivity index (χ3n) is 3.15. The molecule has 17 heavy (non-hydrogen) atoms. The van der Waals surface area contributed by atoms with Crippen molar-refractivity contribution in [1.29, 1.82) is 0 Å². The Balaban J connectivity index is 1.83. The summed E-state index contributed by atoms with van der Waals surface area (Å²) in [4.78, 5) is 11.2. The van der Waals surface area contributed by atoms with Gasteiger partial charge in [0.2, 0.25) is 0 Å². The van der Waals surface area contributed by atoms with Gasteiger partial charge in [-0.2, -0.15) is 0 Å². The molecule has 0 spiro atoms. The lowest BCUT2D eigenvalue weighted by atomic mass is 10.1. The van der Waals surface area contributed by atoms with Gasteiger partial charge in [-0.1, -0.05) is 6.08 Å². The SMILES string of the molecule is CCOC(=O)/C=C/C1C[C@@H]2OC(C)(C)O[C@@H]2C1. The molecule has 3 atom stereocenters. The summed E-state index contributed by atoms with van der Waals surface area (Å²) in [6.45, 7) is 6.10. The third kappa shape index (κ3) is 3.07. The van der Waals surface area contributed by atoms with Crippen molar-refractivity contribution in [3.8, 4) is 0 Å². The van der Waals surface area contributed by atoms with Gasteiger partial charge in [-0.05, 0) is 39.5 Å². The van der Waals surface area contributed by atoms with Crippen molar-refractivity contribution >= 4 is 5.97 Å². The Kier molecular flexibility index (Phi) is 3.54. The number of hydrogen-bond acceptors (Lipinski definition) is 4. The Hall–Kier alpha value is -0.870. The summed E-state index contributed by atoms with van der Waals surface area (Å²) < 4.78 is 16.4. The molecular weight excluding hydrogens is 220 g/mol. The minimum Gasteiger partial charge on any atom is -0.463 e. The molecular formula is C13H20O4. The van der Waals surface area contributed by atoms with Crippen LogP contribution in [0, 0.1) is 5.92 Å². The molecule has 1 aliphatic heterocycles. The van der Waals surface area contributed by atoms with E-state index in [2.05, 4.69) is 0 Å². The average Bonchev–Trinajstić information content (AvgIpc) is 2.68. The minimum absolute atomic E-state index is 0.168. The number of allylic oxidation sites excluding steroid dienone is 1. The molecule has 0 aromatic carbocycles. The maximum atomic E-state index is 11.2. The molecule has 0 radical (unpaired) electrons. The van der Waals surface area contributed by atoms with Gasteiger partial charge in [-0.3, -0.25) is 0 Å². The van der Waals surface area contributed by atoms with Gasteiger partial charge in [0, 0.05) is 6.08 Å². The zero-order chi connectivity index (χ0) is 12.5. The molecule has 1 aliphatic carbocycles. The number of hydrogen-bond donors (Lipinski definition) is 0. The molecule has 0 amide bonds. The van der Waals surface area contributed by atoms with Crippen molar-refractivity contribution in [2.45, 2.75) is 51.6 Å². The van der Waals surface area contributed by atoms with Gasteiger partial charge in [0.05, 0.1) is 18.8 Å². The van der Waals surface area contributed by atoms with E-state index in [1.165, 1.54) is 6.08 Å². The van der Waals surface area contributed by atoms with Gasteiger partial charge < -0.3 is 14.2 Å². The quantitative estimate of drug-likeness (QED) is 0.559. The number of esters is 1. The van der Waals surface area contributed by atoms with Gasteiger partial charge in [-0.15, -0.1) is 0 Å². The van der Waals surface area contributed by atoms with Gasteiger partial charge in [0.1, 0.15) is 0 Å². The second kappa shape index (κ2) is 4.78. The fourth-order valence-electron chi connectivity index (χ4n) is 2.56. The largest absolute Gasteiger partial charge is 0.463 e. The topological polar surface area (TPSA) is 44.8 Å². The lowest BCUT2D eigenvalue weighted by Crippen LogP contribution is -2.22. The molecule has 2 aliphatic rings. The first kappa shape index (κ1) is 12.6. The first-order chi connectivity index (χ1) is 8.00. The van der Waals surface area contributed by atoms with Crippen LogP contribution in [-0.4, -0.2) is 30.6 Å². The molecule has 1 saturated heterocycles. The van der Waals surface area contributed by atoms with E-state index in [1.54, 1.807) is 6.92 Å². The van der Waals surface area contributed by atoms with Crippen LogP contribution in [0.1, 0.15) is 33.6 Å².